The number of hydrogen-bond donors (Lipinski definition) is 2. The number of thiazole rings is 1. The van der Waals surface area contributed by atoms with Crippen molar-refractivity contribution in [2.75, 3.05) is 30.9 Å². The predicted molar refractivity (Wildman–Crippen MR) is 156 cm³/mol. The van der Waals surface area contributed by atoms with Gasteiger partial charge in [-0.1, -0.05) is 47.4 Å². The van der Waals surface area contributed by atoms with Crippen LogP contribution in [0.4, 0.5) is 5.69 Å². The number of rotatable bonds is 11. The highest BCUT2D eigenvalue weighted by Gasteiger charge is 2.29. The van der Waals surface area contributed by atoms with E-state index in [-0.39, 0.29) is 18.8 Å². The molecule has 3 aromatic carbocycles. The van der Waals surface area contributed by atoms with Crippen molar-refractivity contribution in [3.05, 3.63) is 64.6 Å². The Morgan fingerprint density at radius 1 is 1.13 bits per heavy atom. The Bertz CT molecular complexity index is 1680. The molecule has 2 heterocycles. The van der Waals surface area contributed by atoms with Crippen molar-refractivity contribution in [2.24, 2.45) is 0 Å². The van der Waals surface area contributed by atoms with Gasteiger partial charge in [0.15, 0.2) is 6.54 Å². The second-order valence-corrected chi connectivity index (χ2v) is 13.2. The lowest BCUT2D eigenvalue weighted by Crippen LogP contribution is -2.36. The van der Waals surface area contributed by atoms with Crippen molar-refractivity contribution < 1.29 is 35.2 Å². The summed E-state index contributed by atoms with van der Waals surface area (Å²) in [6, 6.07) is 18.2. The molecular formula is C26H27N2O7S4+. The summed E-state index contributed by atoms with van der Waals surface area (Å²) in [4.78, 5) is 3.07. The Morgan fingerprint density at radius 2 is 1.95 bits per heavy atom. The highest BCUT2D eigenvalue weighted by Crippen LogP contribution is 2.48. The minimum Gasteiger partial charge on any atom is -0.497 e. The summed E-state index contributed by atoms with van der Waals surface area (Å²) in [5.74, 6) is 0.363. The number of methoxy groups -OCH3 is 1. The third-order valence-corrected chi connectivity index (χ3v) is 9.67. The number of fused-ring (bicyclic) bond motifs is 4. The fourth-order valence-corrected chi connectivity index (χ4v) is 7.69. The van der Waals surface area contributed by atoms with E-state index >= 15 is 0 Å². The van der Waals surface area contributed by atoms with Crippen LogP contribution < -0.4 is 14.2 Å². The average Bonchev–Trinajstić information content (AvgIpc) is 3.43. The van der Waals surface area contributed by atoms with Gasteiger partial charge in [0.1, 0.15) is 10.4 Å². The van der Waals surface area contributed by atoms with Gasteiger partial charge in [-0.15, -0.1) is 0 Å². The van der Waals surface area contributed by atoms with Crippen LogP contribution in [-0.4, -0.2) is 47.7 Å². The van der Waals surface area contributed by atoms with Gasteiger partial charge >= 0.3 is 11.4 Å². The van der Waals surface area contributed by atoms with Crippen molar-refractivity contribution in [3.8, 4) is 5.75 Å². The van der Waals surface area contributed by atoms with E-state index in [0.717, 1.165) is 41.6 Å². The van der Waals surface area contributed by atoms with Gasteiger partial charge in [0.2, 0.25) is 5.52 Å². The molecule has 1 atom stereocenters. The van der Waals surface area contributed by atoms with Crippen molar-refractivity contribution in [2.45, 2.75) is 24.3 Å². The summed E-state index contributed by atoms with van der Waals surface area (Å²) in [6.45, 7) is 1.09. The number of benzene rings is 3. The van der Waals surface area contributed by atoms with Gasteiger partial charge in [-0.25, -0.2) is 0 Å². The molecule has 0 radical (unpaired) electrons. The molecule has 0 fully saturated rings. The molecule has 1 aliphatic rings. The maximum absolute atomic E-state index is 11.4. The topological polar surface area (TPSA) is 117 Å². The third-order valence-electron chi connectivity index (χ3n) is 6.29. The lowest BCUT2D eigenvalue weighted by Gasteiger charge is -2.20. The molecule has 9 nitrogen and oxygen atoms in total. The lowest BCUT2D eigenvalue weighted by atomic mass is 10.1. The predicted octanol–water partition coefficient (Wildman–Crippen LogP) is 5.08. The van der Waals surface area contributed by atoms with Crippen LogP contribution in [-0.2, 0) is 32.2 Å². The molecule has 1 aromatic heterocycles. The van der Waals surface area contributed by atoms with E-state index in [0.29, 0.717) is 25.3 Å². The van der Waals surface area contributed by atoms with Crippen LogP contribution in [0.25, 0.3) is 27.1 Å². The summed E-state index contributed by atoms with van der Waals surface area (Å²) in [5.41, 5.74) is 1.99. The van der Waals surface area contributed by atoms with Gasteiger partial charge in [0, 0.05) is 23.9 Å². The minimum atomic E-state index is -4.08. The van der Waals surface area contributed by atoms with E-state index in [9.17, 15) is 17.2 Å². The zero-order chi connectivity index (χ0) is 27.6. The molecule has 0 saturated carbocycles. The van der Waals surface area contributed by atoms with Crippen molar-refractivity contribution in [3.63, 3.8) is 0 Å². The molecule has 4 aromatic rings. The number of nitrogens with zero attached hydrogens (tertiary/aromatic N) is 2. The van der Waals surface area contributed by atoms with E-state index in [2.05, 4.69) is 39.8 Å². The fraction of sp³-hybridized carbons (Fsp3) is 0.269. The number of ether oxygens (including phenoxy) is 1. The van der Waals surface area contributed by atoms with Crippen LogP contribution in [0, 0.1) is 0 Å². The lowest BCUT2D eigenvalue weighted by molar-refractivity contribution is -0.668. The van der Waals surface area contributed by atoms with Gasteiger partial charge in [-0.2, -0.15) is 17.2 Å². The maximum Gasteiger partial charge on any atom is 0.301 e. The molecule has 0 amide bonds. The SMILES string of the molecule is COc1ccc2c(c1)N(CCCS(=O)(=O)O)C(=Cc1sc3ccc4ccccc4c3[n+]1CCCOS(=O)O)S2. The smallest absolute Gasteiger partial charge is 0.301 e. The van der Waals surface area contributed by atoms with Crippen LogP contribution in [0.2, 0.25) is 0 Å². The van der Waals surface area contributed by atoms with Gasteiger partial charge in [0.05, 0.1) is 41.6 Å². The van der Waals surface area contributed by atoms with E-state index in [1.165, 1.54) is 0 Å². The number of hydrogen-bond acceptors (Lipinski definition) is 8. The van der Waals surface area contributed by atoms with E-state index in [1.54, 1.807) is 30.2 Å². The van der Waals surface area contributed by atoms with Crippen molar-refractivity contribution in [1.82, 2.24) is 0 Å². The number of anilines is 1. The van der Waals surface area contributed by atoms with Crippen LogP contribution in [0.1, 0.15) is 17.8 Å². The van der Waals surface area contributed by atoms with Gasteiger partial charge < -0.3 is 9.64 Å². The van der Waals surface area contributed by atoms with Crippen molar-refractivity contribution in [1.29, 1.82) is 0 Å². The molecular weight excluding hydrogens is 581 g/mol. The second-order valence-electron chi connectivity index (χ2n) is 8.83. The molecule has 0 saturated heterocycles. The first-order chi connectivity index (χ1) is 18.7. The zero-order valence-electron chi connectivity index (χ0n) is 21.0. The molecule has 0 bridgehead atoms. The average molecular weight is 608 g/mol. The Morgan fingerprint density at radius 3 is 2.72 bits per heavy atom. The molecule has 2 N–H and O–H groups in total. The highest BCUT2D eigenvalue weighted by molar-refractivity contribution is 8.03. The van der Waals surface area contributed by atoms with Crippen LogP contribution in [0.5, 0.6) is 5.75 Å². The monoisotopic (exact) mass is 607 g/mol. The molecule has 1 unspecified atom stereocenters. The Hall–Kier alpha value is -2.52. The van der Waals surface area contributed by atoms with E-state index < -0.39 is 21.5 Å². The van der Waals surface area contributed by atoms with Crippen LogP contribution in [0.3, 0.4) is 0 Å². The first kappa shape index (κ1) is 28.0. The molecule has 5 rings (SSSR count). The first-order valence-electron chi connectivity index (χ1n) is 12.1. The fourth-order valence-electron chi connectivity index (χ4n) is 4.61. The Balaban J connectivity index is 1.58. The number of thioether (sulfide) groups is 1. The van der Waals surface area contributed by atoms with Crippen molar-refractivity contribution >= 4 is 77.3 Å². The summed E-state index contributed by atoms with van der Waals surface area (Å²) in [6.07, 6.45) is 2.87. The normalized spacial score (nSPS) is 15.4. The number of aryl methyl sites for hydroxylation is 1. The van der Waals surface area contributed by atoms with Crippen LogP contribution >= 0.6 is 23.1 Å². The van der Waals surface area contributed by atoms with E-state index in [4.69, 9.17) is 13.5 Å². The molecule has 39 heavy (non-hydrogen) atoms. The maximum atomic E-state index is 11.4. The Labute approximate surface area is 237 Å². The highest BCUT2D eigenvalue weighted by atomic mass is 32.2. The first-order valence-corrected chi connectivity index (χ1v) is 16.4. The van der Waals surface area contributed by atoms with Gasteiger partial charge in [0.25, 0.3) is 15.1 Å². The summed E-state index contributed by atoms with van der Waals surface area (Å²) in [7, 11) is -2.48. The molecule has 0 spiro atoms. The van der Waals surface area contributed by atoms with Crippen LogP contribution in [0.15, 0.2) is 64.5 Å². The summed E-state index contributed by atoms with van der Waals surface area (Å²) in [5, 5.41) is 4.13. The third kappa shape index (κ3) is 6.46. The van der Waals surface area contributed by atoms with Gasteiger partial charge in [-0.05, 0) is 36.1 Å². The largest absolute Gasteiger partial charge is 0.497 e. The molecule has 1 aliphatic heterocycles. The quantitative estimate of drug-likeness (QED) is 0.104. The summed E-state index contributed by atoms with van der Waals surface area (Å²) >= 11 is 0.916. The van der Waals surface area contributed by atoms with Gasteiger partial charge in [-0.3, -0.25) is 13.3 Å². The molecule has 206 valence electrons. The standard InChI is InChI=1S/C26H26N2O7S4/c1-34-19-9-11-22-21(16-19)27(13-5-15-39(31,32)33)24(36-22)17-25-28(12-4-14-35-38(29)30)26-20-7-3-2-6-18(20)8-10-23(26)37-25/h2-3,6-11,16-17H,4-5,12-15H2,1H3,(H-,29,30,31,32,33)/p+1. The van der Waals surface area contributed by atoms with E-state index in [1.807, 2.05) is 30.3 Å². The molecule has 13 heteroatoms. The minimum absolute atomic E-state index is 0.135. The Kier molecular flexibility index (Phi) is 8.57. The number of aromatic nitrogens is 1. The zero-order valence-corrected chi connectivity index (χ0v) is 24.2. The molecule has 0 aliphatic carbocycles. The summed E-state index contributed by atoms with van der Waals surface area (Å²) < 4.78 is 65.7. The second kappa shape index (κ2) is 11.9.